The van der Waals surface area contributed by atoms with E-state index in [9.17, 15) is 29.4 Å². The van der Waals surface area contributed by atoms with Crippen LogP contribution in [0.5, 0.6) is 0 Å². The zero-order valence-corrected chi connectivity index (χ0v) is 16.9. The molecule has 0 aromatic heterocycles. The number of guanidine groups is 1. The number of amides is 3. The largest absolute Gasteiger partial charge is 0.480 e. The molecular weight excluding hydrogens is 402 g/mol. The summed E-state index contributed by atoms with van der Waals surface area (Å²) in [7, 11) is 0. The maximum atomic E-state index is 12.4. The van der Waals surface area contributed by atoms with E-state index in [0.29, 0.717) is 6.42 Å². The summed E-state index contributed by atoms with van der Waals surface area (Å²) in [6.45, 7) is 1.85. The zero-order chi connectivity index (χ0) is 23.4. The molecule has 172 valence electrons. The molecule has 0 aliphatic carbocycles. The number of hydrogen-bond acceptors (Lipinski definition) is 8. The molecule has 0 aliphatic rings. The SMILES string of the molecule is CC(NC(=O)C(CO)NC(=O)C(NC(=O)C(N)CCCN=C(N)N)C(C)O)C(=O)O. The highest BCUT2D eigenvalue weighted by atomic mass is 16.4. The third kappa shape index (κ3) is 9.99. The number of rotatable bonds is 13. The molecule has 0 aromatic rings. The lowest BCUT2D eigenvalue weighted by Gasteiger charge is -2.25. The van der Waals surface area contributed by atoms with Crippen molar-refractivity contribution in [1.29, 1.82) is 0 Å². The van der Waals surface area contributed by atoms with Crippen molar-refractivity contribution in [2.45, 2.75) is 57.0 Å². The monoisotopic (exact) mass is 433 g/mol. The Morgan fingerprint density at radius 2 is 1.60 bits per heavy atom. The lowest BCUT2D eigenvalue weighted by Crippen LogP contribution is -2.60. The summed E-state index contributed by atoms with van der Waals surface area (Å²) < 4.78 is 0. The quantitative estimate of drug-likeness (QED) is 0.0761. The third-order valence-electron chi connectivity index (χ3n) is 3.91. The predicted octanol–water partition coefficient (Wildman–Crippen LogP) is -4.70. The fourth-order valence-corrected chi connectivity index (χ4v) is 2.15. The lowest BCUT2D eigenvalue weighted by molar-refractivity contribution is -0.142. The number of aliphatic hydroxyl groups is 2. The summed E-state index contributed by atoms with van der Waals surface area (Å²) in [5.74, 6) is -4.06. The number of aliphatic carboxylic acids is 1. The van der Waals surface area contributed by atoms with Crippen LogP contribution in [-0.4, -0.2) is 88.4 Å². The average molecular weight is 433 g/mol. The van der Waals surface area contributed by atoms with Gasteiger partial charge in [0.05, 0.1) is 18.8 Å². The van der Waals surface area contributed by atoms with Crippen LogP contribution < -0.4 is 33.2 Å². The number of carbonyl (C=O) groups excluding carboxylic acids is 3. The van der Waals surface area contributed by atoms with Crippen molar-refractivity contribution >= 4 is 29.7 Å². The summed E-state index contributed by atoms with van der Waals surface area (Å²) in [6.07, 6.45) is -0.763. The molecule has 14 nitrogen and oxygen atoms in total. The number of nitrogens with two attached hydrogens (primary N) is 3. The van der Waals surface area contributed by atoms with Crippen LogP contribution in [0.15, 0.2) is 4.99 Å². The zero-order valence-electron chi connectivity index (χ0n) is 16.9. The lowest BCUT2D eigenvalue weighted by atomic mass is 10.1. The second-order valence-electron chi connectivity index (χ2n) is 6.59. The van der Waals surface area contributed by atoms with Crippen LogP contribution >= 0.6 is 0 Å². The second kappa shape index (κ2) is 13.3. The minimum absolute atomic E-state index is 0.0981. The number of carboxylic acids is 1. The van der Waals surface area contributed by atoms with E-state index in [1.54, 1.807) is 0 Å². The molecule has 0 saturated heterocycles. The van der Waals surface area contributed by atoms with Crippen molar-refractivity contribution in [3.8, 4) is 0 Å². The van der Waals surface area contributed by atoms with Crippen molar-refractivity contribution in [2.24, 2.45) is 22.2 Å². The molecule has 12 N–H and O–H groups in total. The number of carboxylic acid groups (broad SMARTS) is 1. The molecule has 5 unspecified atom stereocenters. The van der Waals surface area contributed by atoms with Crippen LogP contribution in [0.25, 0.3) is 0 Å². The van der Waals surface area contributed by atoms with E-state index in [-0.39, 0.29) is 18.9 Å². The van der Waals surface area contributed by atoms with Crippen molar-refractivity contribution in [3.63, 3.8) is 0 Å². The minimum atomic E-state index is -1.49. The number of hydrogen-bond donors (Lipinski definition) is 9. The first kappa shape index (κ1) is 27.0. The Labute approximate surface area is 173 Å². The van der Waals surface area contributed by atoms with Gasteiger partial charge in [-0.05, 0) is 26.7 Å². The maximum absolute atomic E-state index is 12.4. The van der Waals surface area contributed by atoms with Gasteiger partial charge in [-0.15, -0.1) is 0 Å². The molecule has 0 heterocycles. The number of aliphatic hydroxyl groups excluding tert-OH is 2. The van der Waals surface area contributed by atoms with Crippen LogP contribution in [0.1, 0.15) is 26.7 Å². The molecule has 0 radical (unpaired) electrons. The van der Waals surface area contributed by atoms with Gasteiger partial charge in [0.15, 0.2) is 5.96 Å². The van der Waals surface area contributed by atoms with Crippen LogP contribution in [-0.2, 0) is 19.2 Å². The topological polar surface area (TPSA) is 255 Å². The molecule has 0 aromatic carbocycles. The van der Waals surface area contributed by atoms with Gasteiger partial charge < -0.3 is 48.5 Å². The van der Waals surface area contributed by atoms with Crippen LogP contribution in [0.4, 0.5) is 0 Å². The standard InChI is InChI=1S/C16H31N7O7/c1-7(15(29)30)21-13(27)10(6-24)22-14(28)11(8(2)25)23-12(26)9(17)4-3-5-20-16(18)19/h7-11,24-25H,3-6,17H2,1-2H3,(H,21,27)(H,22,28)(H,23,26)(H,29,30)(H4,18,19,20). The van der Waals surface area contributed by atoms with Crippen LogP contribution in [0.3, 0.4) is 0 Å². The first-order valence-corrected chi connectivity index (χ1v) is 9.14. The fraction of sp³-hybridized carbons (Fsp3) is 0.688. The Morgan fingerprint density at radius 1 is 1.00 bits per heavy atom. The van der Waals surface area contributed by atoms with Gasteiger partial charge in [-0.2, -0.15) is 0 Å². The normalized spacial score (nSPS) is 15.6. The number of nitrogens with one attached hydrogen (secondary N) is 3. The predicted molar refractivity (Wildman–Crippen MR) is 106 cm³/mol. The highest BCUT2D eigenvalue weighted by Crippen LogP contribution is 2.00. The fourth-order valence-electron chi connectivity index (χ4n) is 2.15. The minimum Gasteiger partial charge on any atom is -0.480 e. The van der Waals surface area contributed by atoms with Crippen molar-refractivity contribution < 1.29 is 34.5 Å². The molecule has 3 amide bonds. The Morgan fingerprint density at radius 3 is 2.07 bits per heavy atom. The number of carbonyl (C=O) groups is 4. The van der Waals surface area contributed by atoms with E-state index in [1.165, 1.54) is 13.8 Å². The molecule has 0 saturated carbocycles. The van der Waals surface area contributed by atoms with Crippen molar-refractivity contribution in [1.82, 2.24) is 16.0 Å². The Bertz CT molecular complexity index is 637. The molecule has 0 spiro atoms. The molecule has 0 bridgehead atoms. The van der Waals surface area contributed by atoms with Gasteiger partial charge in [0.25, 0.3) is 0 Å². The van der Waals surface area contributed by atoms with Gasteiger partial charge >= 0.3 is 5.97 Å². The van der Waals surface area contributed by atoms with Crippen molar-refractivity contribution in [2.75, 3.05) is 13.2 Å². The third-order valence-corrected chi connectivity index (χ3v) is 3.91. The molecule has 5 atom stereocenters. The highest BCUT2D eigenvalue weighted by molar-refractivity contribution is 5.94. The van der Waals surface area contributed by atoms with Gasteiger partial charge in [-0.1, -0.05) is 0 Å². The summed E-state index contributed by atoms with van der Waals surface area (Å²) in [6, 6.07) is -5.24. The Balaban J connectivity index is 4.91. The van der Waals surface area contributed by atoms with Gasteiger partial charge in [-0.25, -0.2) is 0 Å². The molecule has 0 rings (SSSR count). The molecule has 14 heteroatoms. The Kier molecular flexibility index (Phi) is 12.0. The summed E-state index contributed by atoms with van der Waals surface area (Å²) in [5.41, 5.74) is 16.1. The second-order valence-corrected chi connectivity index (χ2v) is 6.59. The van der Waals surface area contributed by atoms with Crippen LogP contribution in [0, 0.1) is 0 Å². The molecule has 30 heavy (non-hydrogen) atoms. The van der Waals surface area contributed by atoms with E-state index < -0.39 is 60.6 Å². The summed E-state index contributed by atoms with van der Waals surface area (Å²) in [4.78, 5) is 51.1. The van der Waals surface area contributed by atoms with E-state index in [0.717, 1.165) is 0 Å². The van der Waals surface area contributed by atoms with Gasteiger partial charge in [0, 0.05) is 6.54 Å². The summed E-state index contributed by atoms with van der Waals surface area (Å²) >= 11 is 0. The smallest absolute Gasteiger partial charge is 0.325 e. The van der Waals surface area contributed by atoms with E-state index in [1.807, 2.05) is 0 Å². The van der Waals surface area contributed by atoms with Gasteiger partial charge in [0.1, 0.15) is 18.1 Å². The first-order valence-electron chi connectivity index (χ1n) is 9.14. The number of aliphatic imine (C=N–C) groups is 1. The molecular formula is C16H31N7O7. The van der Waals surface area contributed by atoms with Crippen molar-refractivity contribution in [3.05, 3.63) is 0 Å². The molecule has 0 aliphatic heterocycles. The summed E-state index contributed by atoms with van der Waals surface area (Å²) in [5, 5.41) is 34.5. The van der Waals surface area contributed by atoms with E-state index in [2.05, 4.69) is 20.9 Å². The highest BCUT2D eigenvalue weighted by Gasteiger charge is 2.31. The van der Waals surface area contributed by atoms with Gasteiger partial charge in [0.2, 0.25) is 17.7 Å². The Hall–Kier alpha value is -2.97. The van der Waals surface area contributed by atoms with E-state index >= 15 is 0 Å². The van der Waals surface area contributed by atoms with E-state index in [4.69, 9.17) is 22.3 Å². The number of nitrogens with zero attached hydrogens (tertiary/aromatic N) is 1. The maximum Gasteiger partial charge on any atom is 0.325 e. The first-order chi connectivity index (χ1) is 13.9. The molecule has 0 fully saturated rings. The van der Waals surface area contributed by atoms with Crippen LogP contribution in [0.2, 0.25) is 0 Å². The average Bonchev–Trinajstić information content (AvgIpc) is 2.65. The van der Waals surface area contributed by atoms with Gasteiger partial charge in [-0.3, -0.25) is 24.2 Å².